The molecule has 3 N–H and O–H groups in total. The van der Waals surface area contributed by atoms with Gasteiger partial charge >= 0.3 is 5.97 Å². The van der Waals surface area contributed by atoms with Crippen molar-refractivity contribution in [3.63, 3.8) is 0 Å². The normalized spacial score (nSPS) is 12.7. The average molecular weight is 945 g/mol. The standard InChI is InChI=1S/C61H117NO5/c1-3-5-7-9-11-13-15-17-30-33-37-41-45-49-53-59(64)58(57-63)62-60(65)54-50-46-42-38-34-31-27-25-23-21-19-18-20-22-24-26-28-32-36-40-44-48-52-56-67-61(66)55-51-47-43-39-35-29-16-14-12-10-8-6-4-2/h21,23,49,53,58-59,63-64H,3-20,22,24-48,50-52,54-57H2,1-2H3,(H,62,65)/b23-21-,53-49+. The number of carbonyl (C=O) groups excluding carboxylic acids is 2. The van der Waals surface area contributed by atoms with E-state index in [0.717, 1.165) is 44.9 Å². The summed E-state index contributed by atoms with van der Waals surface area (Å²) in [4.78, 5) is 24.5. The molecule has 0 saturated heterocycles. The third-order valence-electron chi connectivity index (χ3n) is 14.0. The maximum absolute atomic E-state index is 12.4. The maximum atomic E-state index is 12.4. The van der Waals surface area contributed by atoms with Crippen LogP contribution in [0.2, 0.25) is 0 Å². The minimum Gasteiger partial charge on any atom is -0.466 e. The first kappa shape index (κ1) is 65.3. The number of aliphatic hydroxyl groups excluding tert-OH is 2. The van der Waals surface area contributed by atoms with Gasteiger partial charge < -0.3 is 20.3 Å². The van der Waals surface area contributed by atoms with Gasteiger partial charge in [-0.3, -0.25) is 9.59 Å². The number of ether oxygens (including phenoxy) is 1. The first-order valence-electron chi connectivity index (χ1n) is 30.1. The molecule has 0 aliphatic heterocycles. The monoisotopic (exact) mass is 944 g/mol. The lowest BCUT2D eigenvalue weighted by atomic mass is 10.0. The van der Waals surface area contributed by atoms with E-state index in [1.54, 1.807) is 6.08 Å². The molecule has 0 heterocycles. The van der Waals surface area contributed by atoms with Crippen LogP contribution in [0.5, 0.6) is 0 Å². The fourth-order valence-corrected chi connectivity index (χ4v) is 9.34. The molecule has 0 spiro atoms. The number of nitrogens with one attached hydrogen (secondary N) is 1. The van der Waals surface area contributed by atoms with Crippen LogP contribution in [0, 0.1) is 0 Å². The first-order chi connectivity index (χ1) is 33.0. The zero-order chi connectivity index (χ0) is 48.6. The summed E-state index contributed by atoms with van der Waals surface area (Å²) in [6, 6.07) is -0.631. The van der Waals surface area contributed by atoms with Gasteiger partial charge in [-0.2, -0.15) is 0 Å². The first-order valence-corrected chi connectivity index (χ1v) is 30.1. The van der Waals surface area contributed by atoms with Gasteiger partial charge in [-0.05, 0) is 57.8 Å². The van der Waals surface area contributed by atoms with Crippen LogP contribution in [0.15, 0.2) is 24.3 Å². The third kappa shape index (κ3) is 53.5. The van der Waals surface area contributed by atoms with Gasteiger partial charge in [0.1, 0.15) is 0 Å². The van der Waals surface area contributed by atoms with Crippen LogP contribution in [0.4, 0.5) is 0 Å². The molecule has 2 unspecified atom stereocenters. The molecule has 0 aromatic rings. The van der Waals surface area contributed by atoms with Gasteiger partial charge in [-0.15, -0.1) is 0 Å². The average Bonchev–Trinajstić information content (AvgIpc) is 3.33. The summed E-state index contributed by atoms with van der Waals surface area (Å²) >= 11 is 0. The summed E-state index contributed by atoms with van der Waals surface area (Å²) in [5.41, 5.74) is 0. The Balaban J connectivity index is 3.42. The molecule has 0 rings (SSSR count). The van der Waals surface area contributed by atoms with Gasteiger partial charge in [-0.1, -0.05) is 282 Å². The van der Waals surface area contributed by atoms with E-state index >= 15 is 0 Å². The molecule has 1 amide bonds. The van der Waals surface area contributed by atoms with E-state index in [9.17, 15) is 19.8 Å². The fraction of sp³-hybridized carbons (Fsp3) is 0.902. The highest BCUT2D eigenvalue weighted by molar-refractivity contribution is 5.76. The molecule has 0 radical (unpaired) electrons. The molecule has 0 bridgehead atoms. The van der Waals surface area contributed by atoms with E-state index in [0.29, 0.717) is 19.4 Å². The molecule has 6 heteroatoms. The molecule has 6 nitrogen and oxygen atoms in total. The van der Waals surface area contributed by atoms with Crippen LogP contribution in [0.25, 0.3) is 0 Å². The van der Waals surface area contributed by atoms with Crippen LogP contribution < -0.4 is 5.32 Å². The molecular formula is C61H117NO5. The van der Waals surface area contributed by atoms with Gasteiger partial charge in [0.2, 0.25) is 5.91 Å². The zero-order valence-corrected chi connectivity index (χ0v) is 45.1. The van der Waals surface area contributed by atoms with Crippen LogP contribution >= 0.6 is 0 Å². The zero-order valence-electron chi connectivity index (χ0n) is 45.1. The van der Waals surface area contributed by atoms with E-state index < -0.39 is 12.1 Å². The lowest BCUT2D eigenvalue weighted by Gasteiger charge is -2.20. The lowest BCUT2D eigenvalue weighted by molar-refractivity contribution is -0.143. The van der Waals surface area contributed by atoms with E-state index in [2.05, 4.69) is 31.3 Å². The molecule has 0 aliphatic carbocycles. The SMILES string of the molecule is CCCCCCCCCCCCCC/C=C/C(O)C(CO)NC(=O)CCCCCCCCC/C=C\CCCCCCCCCCCCCCOC(=O)CCCCCCCCCCCCCCC. The Morgan fingerprint density at radius 1 is 0.403 bits per heavy atom. The number of hydrogen-bond acceptors (Lipinski definition) is 5. The quantitative estimate of drug-likeness (QED) is 0.0321. The summed E-state index contributed by atoms with van der Waals surface area (Å²) in [7, 11) is 0. The van der Waals surface area contributed by atoms with Crippen molar-refractivity contribution < 1.29 is 24.5 Å². The lowest BCUT2D eigenvalue weighted by Crippen LogP contribution is -2.45. The van der Waals surface area contributed by atoms with Crippen molar-refractivity contribution >= 4 is 11.9 Å². The van der Waals surface area contributed by atoms with E-state index in [1.165, 1.54) is 257 Å². The second-order valence-corrected chi connectivity index (χ2v) is 20.7. The molecule has 67 heavy (non-hydrogen) atoms. The number of esters is 1. The van der Waals surface area contributed by atoms with Crippen molar-refractivity contribution in [3.05, 3.63) is 24.3 Å². The number of allylic oxidation sites excluding steroid dienone is 3. The van der Waals surface area contributed by atoms with Crippen molar-refractivity contribution in [2.75, 3.05) is 13.2 Å². The maximum Gasteiger partial charge on any atom is 0.305 e. The van der Waals surface area contributed by atoms with Crippen molar-refractivity contribution in [2.24, 2.45) is 0 Å². The predicted octanol–water partition coefficient (Wildman–Crippen LogP) is 18.6. The topological polar surface area (TPSA) is 95.9 Å². The smallest absolute Gasteiger partial charge is 0.305 e. The highest BCUT2D eigenvalue weighted by Crippen LogP contribution is 2.17. The number of hydrogen-bond donors (Lipinski definition) is 3. The Bertz CT molecular complexity index is 1040. The van der Waals surface area contributed by atoms with Gasteiger partial charge in [0, 0.05) is 12.8 Å². The summed E-state index contributed by atoms with van der Waals surface area (Å²) < 4.78 is 5.48. The highest BCUT2D eigenvalue weighted by atomic mass is 16.5. The predicted molar refractivity (Wildman–Crippen MR) is 292 cm³/mol. The second-order valence-electron chi connectivity index (χ2n) is 20.7. The van der Waals surface area contributed by atoms with Crippen LogP contribution in [0.3, 0.4) is 0 Å². The Hall–Kier alpha value is -1.66. The minimum absolute atomic E-state index is 0.0126. The second kappa shape index (κ2) is 56.9. The van der Waals surface area contributed by atoms with E-state index in [4.69, 9.17) is 4.74 Å². The molecule has 0 aliphatic rings. The number of rotatable bonds is 56. The molecule has 0 aromatic carbocycles. The molecule has 0 aromatic heterocycles. The Labute approximate surface area is 418 Å². The van der Waals surface area contributed by atoms with Gasteiger partial charge in [0.05, 0.1) is 25.4 Å². The summed E-state index contributed by atoms with van der Waals surface area (Å²) in [5.74, 6) is -0.0606. The fourth-order valence-electron chi connectivity index (χ4n) is 9.34. The van der Waals surface area contributed by atoms with Gasteiger partial charge in [0.25, 0.3) is 0 Å². The Kier molecular flexibility index (Phi) is 55.5. The minimum atomic E-state index is -0.847. The summed E-state index contributed by atoms with van der Waals surface area (Å²) in [6.45, 7) is 4.91. The number of unbranched alkanes of at least 4 members (excludes halogenated alkanes) is 43. The van der Waals surface area contributed by atoms with Crippen LogP contribution in [0.1, 0.15) is 328 Å². The Morgan fingerprint density at radius 2 is 0.701 bits per heavy atom. The molecule has 2 atom stereocenters. The molecule has 0 saturated carbocycles. The number of amides is 1. The van der Waals surface area contributed by atoms with E-state index in [1.807, 2.05) is 6.08 Å². The highest BCUT2D eigenvalue weighted by Gasteiger charge is 2.18. The van der Waals surface area contributed by atoms with Crippen molar-refractivity contribution in [3.8, 4) is 0 Å². The Morgan fingerprint density at radius 3 is 1.06 bits per heavy atom. The van der Waals surface area contributed by atoms with Gasteiger partial charge in [0.15, 0.2) is 0 Å². The van der Waals surface area contributed by atoms with Crippen LogP contribution in [-0.4, -0.2) is 47.4 Å². The molecule has 396 valence electrons. The van der Waals surface area contributed by atoms with E-state index in [-0.39, 0.29) is 18.5 Å². The number of aliphatic hydroxyl groups is 2. The van der Waals surface area contributed by atoms with Crippen molar-refractivity contribution in [2.45, 2.75) is 341 Å². The summed E-state index contributed by atoms with van der Waals surface area (Å²) in [6.07, 6.45) is 69.2. The molecular weight excluding hydrogens is 827 g/mol. The van der Waals surface area contributed by atoms with Crippen molar-refractivity contribution in [1.29, 1.82) is 0 Å². The number of carbonyl (C=O) groups is 2. The van der Waals surface area contributed by atoms with Gasteiger partial charge in [-0.25, -0.2) is 0 Å². The largest absolute Gasteiger partial charge is 0.466 e. The van der Waals surface area contributed by atoms with Crippen molar-refractivity contribution in [1.82, 2.24) is 5.32 Å². The third-order valence-corrected chi connectivity index (χ3v) is 14.0. The van der Waals surface area contributed by atoms with Crippen LogP contribution in [-0.2, 0) is 14.3 Å². The summed E-state index contributed by atoms with van der Waals surface area (Å²) in [5, 5.41) is 23.1. The molecule has 0 fully saturated rings.